The summed E-state index contributed by atoms with van der Waals surface area (Å²) in [5.74, 6) is -0.754. The first-order valence-electron chi connectivity index (χ1n) is 3.68. The topological polar surface area (TPSA) is 67.2 Å². The SMILES string of the molecule is NC(=O)C1(NCC(F)(F)F)CNC1. The standard InChI is InChI=1S/C6H10F3N3O/c7-6(8,9)3-12-5(4(10)13)1-11-2-5/h11-12H,1-3H2,(H2,10,13). The van der Waals surface area contributed by atoms with E-state index in [1.807, 2.05) is 0 Å². The molecule has 1 aliphatic heterocycles. The van der Waals surface area contributed by atoms with E-state index in [1.165, 1.54) is 0 Å². The molecule has 13 heavy (non-hydrogen) atoms. The van der Waals surface area contributed by atoms with Gasteiger partial charge in [0.1, 0.15) is 5.54 Å². The Hall–Kier alpha value is -0.820. The third kappa shape index (κ3) is 2.31. The monoisotopic (exact) mass is 197 g/mol. The minimum absolute atomic E-state index is 0.151. The molecule has 7 heteroatoms. The lowest BCUT2D eigenvalue weighted by molar-refractivity contribution is -0.138. The second-order valence-corrected chi connectivity index (χ2v) is 3.02. The molecular weight excluding hydrogens is 187 g/mol. The van der Waals surface area contributed by atoms with Crippen LogP contribution in [0.25, 0.3) is 0 Å². The fraction of sp³-hybridized carbons (Fsp3) is 0.833. The van der Waals surface area contributed by atoms with Crippen molar-refractivity contribution in [1.29, 1.82) is 0 Å². The van der Waals surface area contributed by atoms with Crippen molar-refractivity contribution in [2.45, 2.75) is 11.7 Å². The first-order valence-corrected chi connectivity index (χ1v) is 3.68. The number of nitrogens with one attached hydrogen (secondary N) is 2. The predicted molar refractivity (Wildman–Crippen MR) is 38.9 cm³/mol. The number of primary amides is 1. The molecule has 0 saturated carbocycles. The van der Waals surface area contributed by atoms with Crippen molar-refractivity contribution in [3.8, 4) is 0 Å². The molecule has 0 bridgehead atoms. The zero-order valence-corrected chi connectivity index (χ0v) is 6.74. The van der Waals surface area contributed by atoms with Crippen molar-refractivity contribution >= 4 is 5.91 Å². The van der Waals surface area contributed by atoms with E-state index in [9.17, 15) is 18.0 Å². The average molecular weight is 197 g/mol. The molecule has 1 aliphatic rings. The molecule has 1 amide bonds. The average Bonchev–Trinajstić information content (AvgIpc) is 1.80. The molecule has 0 aromatic carbocycles. The van der Waals surface area contributed by atoms with Gasteiger partial charge in [0.25, 0.3) is 0 Å². The summed E-state index contributed by atoms with van der Waals surface area (Å²) in [7, 11) is 0. The van der Waals surface area contributed by atoms with E-state index in [0.29, 0.717) is 0 Å². The maximum atomic E-state index is 11.8. The van der Waals surface area contributed by atoms with Gasteiger partial charge in [-0.1, -0.05) is 0 Å². The number of alkyl halides is 3. The van der Waals surface area contributed by atoms with Crippen molar-refractivity contribution in [3.05, 3.63) is 0 Å². The summed E-state index contributed by atoms with van der Waals surface area (Å²) < 4.78 is 35.3. The Kier molecular flexibility index (Phi) is 2.49. The number of hydrogen-bond acceptors (Lipinski definition) is 3. The molecule has 1 heterocycles. The van der Waals surface area contributed by atoms with Gasteiger partial charge < -0.3 is 11.1 Å². The number of rotatable bonds is 3. The van der Waals surface area contributed by atoms with Crippen LogP contribution in [0.4, 0.5) is 13.2 Å². The number of nitrogens with two attached hydrogens (primary N) is 1. The Bertz CT molecular complexity index is 212. The van der Waals surface area contributed by atoms with E-state index in [2.05, 4.69) is 10.6 Å². The lowest BCUT2D eigenvalue weighted by Crippen LogP contribution is -2.74. The summed E-state index contributed by atoms with van der Waals surface area (Å²) in [5, 5.41) is 4.80. The van der Waals surface area contributed by atoms with E-state index in [-0.39, 0.29) is 13.1 Å². The van der Waals surface area contributed by atoms with Gasteiger partial charge in [-0.2, -0.15) is 13.2 Å². The molecule has 0 radical (unpaired) electrons. The molecule has 0 spiro atoms. The summed E-state index contributed by atoms with van der Waals surface area (Å²) in [5.41, 5.74) is 3.74. The number of hydrogen-bond donors (Lipinski definition) is 3. The van der Waals surface area contributed by atoms with Crippen LogP contribution in [0, 0.1) is 0 Å². The molecule has 0 aliphatic carbocycles. The molecule has 4 N–H and O–H groups in total. The summed E-state index contributed by atoms with van der Waals surface area (Å²) in [6, 6.07) is 0. The Morgan fingerprint density at radius 3 is 2.31 bits per heavy atom. The van der Waals surface area contributed by atoms with Gasteiger partial charge in [0.15, 0.2) is 0 Å². The minimum atomic E-state index is -4.32. The van der Waals surface area contributed by atoms with E-state index >= 15 is 0 Å². The zero-order valence-electron chi connectivity index (χ0n) is 6.74. The van der Waals surface area contributed by atoms with Gasteiger partial charge in [0.05, 0.1) is 6.54 Å². The molecule has 76 valence electrons. The van der Waals surface area contributed by atoms with Crippen LogP contribution >= 0.6 is 0 Å². The number of amides is 1. The van der Waals surface area contributed by atoms with Gasteiger partial charge >= 0.3 is 6.18 Å². The van der Waals surface area contributed by atoms with Crippen molar-refractivity contribution in [1.82, 2.24) is 10.6 Å². The quantitative estimate of drug-likeness (QED) is 0.541. The van der Waals surface area contributed by atoms with Gasteiger partial charge in [-0.25, -0.2) is 0 Å². The molecule has 0 unspecified atom stereocenters. The van der Waals surface area contributed by atoms with Crippen molar-refractivity contribution in [2.24, 2.45) is 5.73 Å². The molecule has 4 nitrogen and oxygen atoms in total. The molecule has 1 saturated heterocycles. The maximum absolute atomic E-state index is 11.8. The first kappa shape index (κ1) is 10.3. The van der Waals surface area contributed by atoms with Crippen LogP contribution in [0.2, 0.25) is 0 Å². The zero-order chi connectivity index (χ0) is 10.1. The predicted octanol–water partition coefficient (Wildman–Crippen LogP) is -1.03. The third-order valence-electron chi connectivity index (χ3n) is 1.95. The van der Waals surface area contributed by atoms with Crippen LogP contribution in [0.15, 0.2) is 0 Å². The van der Waals surface area contributed by atoms with Gasteiger partial charge in [0, 0.05) is 13.1 Å². The molecule has 1 rings (SSSR count). The van der Waals surface area contributed by atoms with Gasteiger partial charge in [-0.15, -0.1) is 0 Å². The molecular formula is C6H10F3N3O. The lowest BCUT2D eigenvalue weighted by atomic mass is 9.91. The third-order valence-corrected chi connectivity index (χ3v) is 1.95. The van der Waals surface area contributed by atoms with E-state index in [4.69, 9.17) is 5.73 Å². The van der Waals surface area contributed by atoms with E-state index in [1.54, 1.807) is 0 Å². The fourth-order valence-electron chi connectivity index (χ4n) is 1.03. The van der Waals surface area contributed by atoms with Crippen LogP contribution in [-0.2, 0) is 4.79 Å². The van der Waals surface area contributed by atoms with Gasteiger partial charge in [-0.3, -0.25) is 10.1 Å². The van der Waals surface area contributed by atoms with Crippen molar-refractivity contribution < 1.29 is 18.0 Å². The van der Waals surface area contributed by atoms with Crippen LogP contribution in [0.1, 0.15) is 0 Å². The van der Waals surface area contributed by atoms with Crippen LogP contribution in [0.3, 0.4) is 0 Å². The fourth-order valence-corrected chi connectivity index (χ4v) is 1.03. The van der Waals surface area contributed by atoms with E-state index in [0.717, 1.165) is 0 Å². The highest BCUT2D eigenvalue weighted by molar-refractivity contribution is 5.86. The smallest absolute Gasteiger partial charge is 0.368 e. The summed E-state index contributed by atoms with van der Waals surface area (Å²) >= 11 is 0. The van der Waals surface area contributed by atoms with E-state index < -0.39 is 24.2 Å². The molecule has 0 atom stereocenters. The maximum Gasteiger partial charge on any atom is 0.401 e. The van der Waals surface area contributed by atoms with Gasteiger partial charge in [-0.05, 0) is 0 Å². The van der Waals surface area contributed by atoms with Gasteiger partial charge in [0.2, 0.25) is 5.91 Å². The normalized spacial score (nSPS) is 20.8. The molecule has 1 fully saturated rings. The highest BCUT2D eigenvalue weighted by Crippen LogP contribution is 2.16. The Morgan fingerprint density at radius 2 is 2.08 bits per heavy atom. The molecule has 0 aromatic heterocycles. The van der Waals surface area contributed by atoms with Crippen LogP contribution in [-0.4, -0.2) is 37.3 Å². The van der Waals surface area contributed by atoms with Crippen LogP contribution < -0.4 is 16.4 Å². The Morgan fingerprint density at radius 1 is 1.54 bits per heavy atom. The summed E-state index contributed by atoms with van der Waals surface area (Å²) in [4.78, 5) is 10.8. The largest absolute Gasteiger partial charge is 0.401 e. The Balaban J connectivity index is 2.46. The Labute approximate surface area is 72.7 Å². The van der Waals surface area contributed by atoms with Crippen LogP contribution in [0.5, 0.6) is 0 Å². The number of carbonyl (C=O) groups is 1. The molecule has 0 aromatic rings. The lowest BCUT2D eigenvalue weighted by Gasteiger charge is -2.40. The number of carbonyl (C=O) groups excluding carboxylic acids is 1. The summed E-state index contributed by atoms with van der Waals surface area (Å²) in [6.07, 6.45) is -4.32. The summed E-state index contributed by atoms with van der Waals surface area (Å²) in [6.45, 7) is -0.894. The highest BCUT2D eigenvalue weighted by Gasteiger charge is 2.44. The van der Waals surface area contributed by atoms with Crippen molar-refractivity contribution in [2.75, 3.05) is 19.6 Å². The van der Waals surface area contributed by atoms with Crippen molar-refractivity contribution in [3.63, 3.8) is 0 Å². The highest BCUT2D eigenvalue weighted by atomic mass is 19.4. The second kappa shape index (κ2) is 3.15. The second-order valence-electron chi connectivity index (χ2n) is 3.02. The minimum Gasteiger partial charge on any atom is -0.368 e. The first-order chi connectivity index (χ1) is 5.86. The number of halogens is 3.